The molecule has 0 amide bonds. The lowest BCUT2D eigenvalue weighted by atomic mass is 9.83. The summed E-state index contributed by atoms with van der Waals surface area (Å²) in [5, 5.41) is 3.12. The molecule has 0 atom stereocenters. The van der Waals surface area contributed by atoms with Crippen molar-refractivity contribution in [3.63, 3.8) is 0 Å². The summed E-state index contributed by atoms with van der Waals surface area (Å²) in [6.45, 7) is 18.2. The van der Waals surface area contributed by atoms with Crippen molar-refractivity contribution in [3.8, 4) is 0 Å². The van der Waals surface area contributed by atoms with Crippen molar-refractivity contribution >= 4 is 0 Å². The van der Waals surface area contributed by atoms with Crippen LogP contribution in [-0.4, -0.2) is 0 Å². The first-order valence-electron chi connectivity index (χ1n) is 4.53. The third-order valence-electron chi connectivity index (χ3n) is 1.73. The van der Waals surface area contributed by atoms with Crippen LogP contribution >= 0.6 is 0 Å². The van der Waals surface area contributed by atoms with Crippen LogP contribution in [0.5, 0.6) is 0 Å². The van der Waals surface area contributed by atoms with Crippen LogP contribution in [0, 0.1) is 5.41 Å². The highest BCUT2D eigenvalue weighted by molar-refractivity contribution is 5.31. The fourth-order valence-electron chi connectivity index (χ4n) is 1.18. The lowest BCUT2D eigenvalue weighted by Gasteiger charge is -2.23. The molecule has 0 unspecified atom stereocenters. The first kappa shape index (κ1) is 12.0. The van der Waals surface area contributed by atoms with Crippen molar-refractivity contribution in [3.05, 3.63) is 36.2 Å². The van der Waals surface area contributed by atoms with Gasteiger partial charge in [-0.15, -0.1) is 0 Å². The lowest BCUT2D eigenvalue weighted by Crippen LogP contribution is -2.14. The minimum absolute atomic E-state index is 0.133. The number of hydrogen-bond donors (Lipinski definition) is 1. The summed E-state index contributed by atoms with van der Waals surface area (Å²) in [5.74, 6) is 0. The summed E-state index contributed by atoms with van der Waals surface area (Å²) in [4.78, 5) is 0. The number of hydrogen-bond acceptors (Lipinski definition) is 1. The maximum absolute atomic E-state index is 3.96. The van der Waals surface area contributed by atoms with E-state index in [0.717, 1.165) is 11.3 Å². The average Bonchev–Trinajstić information content (AvgIpc) is 1.81. The summed E-state index contributed by atoms with van der Waals surface area (Å²) in [6, 6.07) is 0. The summed E-state index contributed by atoms with van der Waals surface area (Å²) >= 11 is 0. The van der Waals surface area contributed by atoms with E-state index in [1.807, 2.05) is 20.0 Å². The molecule has 0 aliphatic carbocycles. The van der Waals surface area contributed by atoms with Gasteiger partial charge >= 0.3 is 0 Å². The minimum Gasteiger partial charge on any atom is -0.365 e. The highest BCUT2D eigenvalue weighted by atomic mass is 14.8. The fraction of sp³-hybridized carbons (Fsp3) is 0.500. The van der Waals surface area contributed by atoms with Gasteiger partial charge in [-0.25, -0.2) is 0 Å². The third-order valence-corrected chi connectivity index (χ3v) is 1.73. The smallest absolute Gasteiger partial charge is 0.00466 e. The van der Waals surface area contributed by atoms with E-state index in [9.17, 15) is 0 Å². The van der Waals surface area contributed by atoms with Crippen LogP contribution in [0.4, 0.5) is 0 Å². The summed E-state index contributed by atoms with van der Waals surface area (Å²) < 4.78 is 0. The number of nitrogens with one attached hydrogen (secondary N) is 1. The quantitative estimate of drug-likeness (QED) is 0.652. The molecular formula is C12H21N. The van der Waals surface area contributed by atoms with Gasteiger partial charge in [0, 0.05) is 11.9 Å². The van der Waals surface area contributed by atoms with E-state index in [1.54, 1.807) is 0 Å². The van der Waals surface area contributed by atoms with E-state index in [-0.39, 0.29) is 5.41 Å². The zero-order valence-corrected chi connectivity index (χ0v) is 9.49. The van der Waals surface area contributed by atoms with Crippen LogP contribution in [0.25, 0.3) is 0 Å². The Kier molecular flexibility index (Phi) is 3.99. The van der Waals surface area contributed by atoms with Gasteiger partial charge in [0.1, 0.15) is 0 Å². The topological polar surface area (TPSA) is 12.0 Å². The molecule has 0 aromatic carbocycles. The highest BCUT2D eigenvalue weighted by Gasteiger charge is 2.17. The third kappa shape index (κ3) is 4.56. The Labute approximate surface area is 82.2 Å². The molecule has 13 heavy (non-hydrogen) atoms. The molecular weight excluding hydrogens is 158 g/mol. The van der Waals surface area contributed by atoms with Crippen LogP contribution in [0.2, 0.25) is 0 Å². The molecule has 1 N–H and O–H groups in total. The zero-order chi connectivity index (χ0) is 10.6. The zero-order valence-electron chi connectivity index (χ0n) is 9.49. The van der Waals surface area contributed by atoms with Crippen molar-refractivity contribution in [1.82, 2.24) is 5.32 Å². The van der Waals surface area contributed by atoms with Gasteiger partial charge in [-0.1, -0.05) is 39.5 Å². The predicted molar refractivity (Wildman–Crippen MR) is 60.3 cm³/mol. The summed E-state index contributed by atoms with van der Waals surface area (Å²) in [6.07, 6.45) is 1.99. The second-order valence-electron chi connectivity index (χ2n) is 4.51. The molecule has 0 aromatic rings. The molecule has 0 aliphatic heterocycles. The first-order valence-corrected chi connectivity index (χ1v) is 4.53. The Morgan fingerprint density at radius 3 is 1.85 bits per heavy atom. The van der Waals surface area contributed by atoms with Crippen molar-refractivity contribution in [2.24, 2.45) is 5.41 Å². The standard InChI is InChI=1S/C12H21N/c1-9(2)11(12(5,6)7)8-13-10(3)4/h8,13H,1,3H2,2,4-7H3/b11-8+. The molecule has 0 spiro atoms. The Balaban J connectivity index is 4.72. The predicted octanol–water partition coefficient (Wildman–Crippen LogP) is 3.62. The van der Waals surface area contributed by atoms with E-state index in [2.05, 4.69) is 39.2 Å². The van der Waals surface area contributed by atoms with Gasteiger partial charge in [-0.05, 0) is 24.8 Å². The van der Waals surface area contributed by atoms with E-state index in [4.69, 9.17) is 0 Å². The Hall–Kier alpha value is -0.980. The van der Waals surface area contributed by atoms with Crippen molar-refractivity contribution in [2.45, 2.75) is 34.6 Å². The van der Waals surface area contributed by atoms with E-state index in [1.165, 1.54) is 5.57 Å². The van der Waals surface area contributed by atoms with Crippen molar-refractivity contribution in [1.29, 1.82) is 0 Å². The molecule has 0 rings (SSSR count). The van der Waals surface area contributed by atoms with Crippen LogP contribution in [0.1, 0.15) is 34.6 Å². The van der Waals surface area contributed by atoms with E-state index in [0.29, 0.717) is 0 Å². The van der Waals surface area contributed by atoms with Crippen molar-refractivity contribution in [2.75, 3.05) is 0 Å². The SMILES string of the molecule is C=C(C)N/C=C(\C(=C)C)C(C)(C)C. The fourth-order valence-corrected chi connectivity index (χ4v) is 1.18. The number of allylic oxidation sites excluding steroid dienone is 3. The molecule has 0 saturated carbocycles. The molecule has 0 bridgehead atoms. The molecule has 1 heteroatoms. The first-order chi connectivity index (χ1) is 5.75. The highest BCUT2D eigenvalue weighted by Crippen LogP contribution is 2.29. The molecule has 74 valence electrons. The maximum atomic E-state index is 3.96. The van der Waals surface area contributed by atoms with Crippen LogP contribution in [0.15, 0.2) is 36.2 Å². The van der Waals surface area contributed by atoms with Crippen LogP contribution < -0.4 is 5.32 Å². The molecule has 1 nitrogen and oxygen atoms in total. The summed E-state index contributed by atoms with van der Waals surface area (Å²) in [7, 11) is 0. The van der Waals surface area contributed by atoms with Gasteiger partial charge in [0.05, 0.1) is 0 Å². The van der Waals surface area contributed by atoms with E-state index >= 15 is 0 Å². The molecule has 0 radical (unpaired) electrons. The summed E-state index contributed by atoms with van der Waals surface area (Å²) in [5.41, 5.74) is 3.41. The van der Waals surface area contributed by atoms with Gasteiger partial charge in [0.2, 0.25) is 0 Å². The lowest BCUT2D eigenvalue weighted by molar-refractivity contribution is 0.507. The Morgan fingerprint density at radius 2 is 1.62 bits per heavy atom. The normalized spacial score (nSPS) is 12.5. The second kappa shape index (κ2) is 4.31. The average molecular weight is 179 g/mol. The van der Waals surface area contributed by atoms with Gasteiger partial charge in [-0.2, -0.15) is 0 Å². The monoisotopic (exact) mass is 179 g/mol. The largest absolute Gasteiger partial charge is 0.365 e. The Morgan fingerprint density at radius 1 is 1.15 bits per heavy atom. The van der Waals surface area contributed by atoms with Crippen molar-refractivity contribution < 1.29 is 0 Å². The van der Waals surface area contributed by atoms with Gasteiger partial charge in [0.25, 0.3) is 0 Å². The van der Waals surface area contributed by atoms with Gasteiger partial charge < -0.3 is 5.32 Å². The molecule has 0 heterocycles. The maximum Gasteiger partial charge on any atom is 0.00466 e. The van der Waals surface area contributed by atoms with Crippen LogP contribution in [0.3, 0.4) is 0 Å². The minimum atomic E-state index is 0.133. The number of rotatable bonds is 3. The molecule has 0 aliphatic rings. The van der Waals surface area contributed by atoms with Crippen LogP contribution in [-0.2, 0) is 0 Å². The van der Waals surface area contributed by atoms with E-state index < -0.39 is 0 Å². The molecule has 0 aromatic heterocycles. The molecule has 0 fully saturated rings. The second-order valence-corrected chi connectivity index (χ2v) is 4.51. The Bertz CT molecular complexity index is 238. The van der Waals surface area contributed by atoms with Gasteiger partial charge in [0.15, 0.2) is 0 Å². The van der Waals surface area contributed by atoms with Gasteiger partial charge in [-0.3, -0.25) is 0 Å². The molecule has 0 saturated heterocycles.